The molecule has 4 heterocycles. The molecule has 4 unspecified atom stereocenters. The predicted octanol–water partition coefficient (Wildman–Crippen LogP) is 6.64. The van der Waals surface area contributed by atoms with E-state index in [-0.39, 0.29) is 72.8 Å². The van der Waals surface area contributed by atoms with Crippen molar-refractivity contribution in [3.05, 3.63) is 149 Å². The Morgan fingerprint density at radius 2 is 0.776 bits per heavy atom. The van der Waals surface area contributed by atoms with Crippen LogP contribution in [0, 0.1) is 16.7 Å². The zero-order chi connectivity index (χ0) is 62.5. The molecule has 5 aromatic carbocycles. The number of ether oxygens (including phenoxy) is 7. The molecule has 4 amide bonds. The first kappa shape index (κ1) is 67.1. The molecule has 458 valence electrons. The smallest absolute Gasteiger partial charge is 0.313 e. The van der Waals surface area contributed by atoms with Crippen LogP contribution in [0.5, 0.6) is 28.7 Å². The highest BCUT2D eigenvalue weighted by atomic mass is 16.5. The first-order chi connectivity index (χ1) is 40.4. The van der Waals surface area contributed by atoms with Crippen molar-refractivity contribution in [1.82, 2.24) is 19.6 Å². The van der Waals surface area contributed by atoms with Crippen molar-refractivity contribution in [2.45, 2.75) is 84.7 Å². The quantitative estimate of drug-likeness (QED) is 0.0823. The number of carboxylic acid groups (broad SMARTS) is 1. The number of benzene rings is 5. The third kappa shape index (κ3) is 19.7. The number of rotatable bonds is 17. The number of likely N-dealkylation sites (tertiary alicyclic amines) is 4. The maximum absolute atomic E-state index is 12.0. The van der Waals surface area contributed by atoms with E-state index in [1.807, 2.05) is 133 Å². The summed E-state index contributed by atoms with van der Waals surface area (Å²) in [7, 11) is 10.8. The van der Waals surface area contributed by atoms with Crippen molar-refractivity contribution in [2.75, 3.05) is 75.9 Å². The second-order valence-electron chi connectivity index (χ2n) is 22.0. The van der Waals surface area contributed by atoms with Gasteiger partial charge in [-0.2, -0.15) is 0 Å². The highest BCUT2D eigenvalue weighted by Crippen LogP contribution is 2.34. The van der Waals surface area contributed by atoms with Crippen LogP contribution < -0.4 is 35.2 Å². The molecule has 0 aliphatic carbocycles. The average molecular weight is 1180 g/mol. The Balaban J connectivity index is 0.000000197. The van der Waals surface area contributed by atoms with Crippen LogP contribution in [0.4, 0.5) is 0 Å². The van der Waals surface area contributed by atoms with Gasteiger partial charge in [0.1, 0.15) is 28.7 Å². The van der Waals surface area contributed by atoms with Crippen molar-refractivity contribution in [3.63, 3.8) is 0 Å². The fourth-order valence-corrected chi connectivity index (χ4v) is 9.83. The lowest BCUT2D eigenvalue weighted by Crippen LogP contribution is -2.38. The summed E-state index contributed by atoms with van der Waals surface area (Å²) in [5, 5.41) is 9.15. The van der Waals surface area contributed by atoms with Crippen LogP contribution in [0.3, 0.4) is 0 Å². The summed E-state index contributed by atoms with van der Waals surface area (Å²) in [6.45, 7) is 9.65. The second kappa shape index (κ2) is 31.3. The Morgan fingerprint density at radius 1 is 0.459 bits per heavy atom. The summed E-state index contributed by atoms with van der Waals surface area (Å²) in [6, 6.07) is 38.0. The molecule has 21 heteroatoms. The molecular formula is C64H82N6O15. The molecule has 4 aliphatic heterocycles. The molecule has 0 radical (unpaired) electrons. The first-order valence-electron chi connectivity index (χ1n) is 27.6. The van der Waals surface area contributed by atoms with E-state index in [0.29, 0.717) is 58.8 Å². The maximum atomic E-state index is 12.0. The predicted molar refractivity (Wildman–Crippen MR) is 317 cm³/mol. The van der Waals surface area contributed by atoms with Crippen molar-refractivity contribution >= 4 is 41.5 Å². The summed E-state index contributed by atoms with van der Waals surface area (Å²) in [5.41, 5.74) is 14.5. The van der Waals surface area contributed by atoms with Crippen LogP contribution in [0.2, 0.25) is 0 Å². The molecule has 5 aromatic rings. The zero-order valence-electron chi connectivity index (χ0n) is 50.4. The highest BCUT2D eigenvalue weighted by molar-refractivity contribution is 5.90. The Kier molecular flexibility index (Phi) is 24.7. The van der Waals surface area contributed by atoms with Gasteiger partial charge >= 0.3 is 17.9 Å². The van der Waals surface area contributed by atoms with Crippen molar-refractivity contribution in [1.29, 1.82) is 0 Å². The third-order valence-corrected chi connectivity index (χ3v) is 14.8. The standard InChI is InChI=1S/C15H19NO4.2C14H17NO4.C13H18N2O2.C8H11NO/c1-15(14(18)20-3)8-13(17)16(10-15)9-11-4-6-12(19-2)7-5-11;1-18-12-5-3-10(4-6-12)8-15-9-11(7-13(15)16)14(17)19-2;1-14(13(17)18)7-12(16)15(9-14)8-10-3-5-11(19-2)6-4-10;1-13(14)7-12(16)15(9-13)8-10-3-5-11(17-2)6-4-10;1-10-8-4-2-7(6-9)3-5-8/h4-7H,8-10H2,1-3H3;3-6,11H,7-9H2,1-2H3;3-6H,7-9H2,1-2H3,(H,17,18);3-6H,7-9,14H2,1-2H3;2-5H,6,9H2,1H3. The molecule has 4 aliphatic rings. The van der Waals surface area contributed by atoms with Gasteiger partial charge in [-0.15, -0.1) is 0 Å². The van der Waals surface area contributed by atoms with E-state index in [1.165, 1.54) is 14.2 Å². The number of carbonyl (C=O) groups is 7. The Hall–Kier alpha value is -8.69. The number of methoxy groups -OCH3 is 7. The molecule has 4 atom stereocenters. The van der Waals surface area contributed by atoms with Crippen LogP contribution >= 0.6 is 0 Å². The minimum atomic E-state index is -0.969. The van der Waals surface area contributed by atoms with Crippen LogP contribution in [0.15, 0.2) is 121 Å². The van der Waals surface area contributed by atoms with Crippen LogP contribution in [0.1, 0.15) is 74.3 Å². The third-order valence-electron chi connectivity index (χ3n) is 14.8. The number of carbonyl (C=O) groups excluding carboxylic acids is 6. The van der Waals surface area contributed by atoms with E-state index in [4.69, 9.17) is 45.0 Å². The van der Waals surface area contributed by atoms with Crippen molar-refractivity contribution in [3.8, 4) is 28.7 Å². The number of carboxylic acids is 1. The van der Waals surface area contributed by atoms with E-state index >= 15 is 0 Å². The molecule has 0 bridgehead atoms. The summed E-state index contributed by atoms with van der Waals surface area (Å²) >= 11 is 0. The van der Waals surface area contributed by atoms with E-state index in [1.54, 1.807) is 64.1 Å². The molecule has 9 rings (SSSR count). The fourth-order valence-electron chi connectivity index (χ4n) is 9.83. The summed E-state index contributed by atoms with van der Waals surface area (Å²) in [6.07, 6.45) is 0.945. The molecule has 4 fully saturated rings. The van der Waals surface area contributed by atoms with Crippen LogP contribution in [-0.2, 0) is 75.8 Å². The molecule has 0 saturated carbocycles. The van der Waals surface area contributed by atoms with E-state index in [9.17, 15) is 33.6 Å². The molecule has 0 aromatic heterocycles. The van der Waals surface area contributed by atoms with E-state index in [2.05, 4.69) is 4.74 Å². The first-order valence-corrected chi connectivity index (χ1v) is 27.6. The minimum Gasteiger partial charge on any atom is -0.497 e. The Bertz CT molecular complexity index is 2990. The topological polar surface area (TPSA) is 269 Å². The van der Waals surface area contributed by atoms with Crippen molar-refractivity contribution < 1.29 is 71.8 Å². The summed E-state index contributed by atoms with van der Waals surface area (Å²) in [4.78, 5) is 88.6. The number of hydrogen-bond acceptors (Lipinski definition) is 16. The van der Waals surface area contributed by atoms with Gasteiger partial charge in [-0.05, 0) is 109 Å². The molecular weight excluding hydrogens is 1090 g/mol. The molecule has 21 nitrogen and oxygen atoms in total. The lowest BCUT2D eigenvalue weighted by molar-refractivity contribution is -0.151. The van der Waals surface area contributed by atoms with Gasteiger partial charge in [-0.1, -0.05) is 60.7 Å². The number of nitrogens with zero attached hydrogens (tertiary/aromatic N) is 4. The number of nitrogens with two attached hydrogens (primary N) is 2. The average Bonchev–Trinajstić information content (AvgIpc) is 4.28. The molecule has 85 heavy (non-hydrogen) atoms. The summed E-state index contributed by atoms with van der Waals surface area (Å²) < 4.78 is 34.8. The number of amides is 4. The number of aliphatic carboxylic acids is 1. The lowest BCUT2D eigenvalue weighted by atomic mass is 9.90. The lowest BCUT2D eigenvalue weighted by Gasteiger charge is -2.21. The van der Waals surface area contributed by atoms with E-state index < -0.39 is 16.8 Å². The Morgan fingerprint density at radius 3 is 1.07 bits per heavy atom. The van der Waals surface area contributed by atoms with Gasteiger partial charge in [0.25, 0.3) is 0 Å². The van der Waals surface area contributed by atoms with Crippen LogP contribution in [0.25, 0.3) is 0 Å². The Labute approximate surface area is 498 Å². The fraction of sp³-hybridized carbons (Fsp3) is 0.422. The second-order valence-corrected chi connectivity index (χ2v) is 22.0. The van der Waals surface area contributed by atoms with Gasteiger partial charge in [0, 0.05) is 90.1 Å². The summed E-state index contributed by atoms with van der Waals surface area (Å²) in [5.74, 6) is 2.10. The van der Waals surface area contributed by atoms with Crippen molar-refractivity contribution in [2.24, 2.45) is 28.2 Å². The minimum absolute atomic E-state index is 0.00813. The zero-order valence-corrected chi connectivity index (χ0v) is 50.4. The van der Waals surface area contributed by atoms with Gasteiger partial charge in [-0.3, -0.25) is 33.6 Å². The number of esters is 2. The SMILES string of the molecule is COC(=O)C1(C)CC(=O)N(Cc2ccc(OC)cc2)C1.COC(=O)C1CC(=O)N(Cc2ccc(OC)cc2)C1.COc1ccc(CN)cc1.COc1ccc(CN2CC(C)(C(=O)O)CC2=O)cc1.COc1ccc(CN2CC(C)(N)CC2=O)cc1. The van der Waals surface area contributed by atoms with Gasteiger partial charge in [0.05, 0.1) is 66.5 Å². The number of hydrogen-bond donors (Lipinski definition) is 3. The monoisotopic (exact) mass is 1170 g/mol. The van der Waals surface area contributed by atoms with Gasteiger partial charge in [0.15, 0.2) is 0 Å². The van der Waals surface area contributed by atoms with Crippen LogP contribution in [-0.4, -0.2) is 148 Å². The highest BCUT2D eigenvalue weighted by Gasteiger charge is 2.47. The molecule has 5 N–H and O–H groups in total. The van der Waals surface area contributed by atoms with Gasteiger partial charge < -0.3 is 69.3 Å². The normalized spacial score (nSPS) is 20.3. The molecule has 4 saturated heterocycles. The van der Waals surface area contributed by atoms with E-state index in [0.717, 1.165) is 56.6 Å². The van der Waals surface area contributed by atoms with Gasteiger partial charge in [-0.25, -0.2) is 0 Å². The largest absolute Gasteiger partial charge is 0.497 e. The molecule has 0 spiro atoms. The van der Waals surface area contributed by atoms with Gasteiger partial charge in [0.2, 0.25) is 23.6 Å². The maximum Gasteiger partial charge on any atom is 0.313 e.